The molecule has 1 aromatic heterocycles. The highest BCUT2D eigenvalue weighted by molar-refractivity contribution is 8.76. The van der Waals surface area contributed by atoms with Gasteiger partial charge in [0.15, 0.2) is 0 Å². The molecule has 2 aromatic carbocycles. The molecule has 2 saturated heterocycles. The maximum Gasteiger partial charge on any atom is 0.303 e. The van der Waals surface area contributed by atoms with E-state index >= 15 is 0 Å². The summed E-state index contributed by atoms with van der Waals surface area (Å²) in [6, 6.07) is 1.19. The van der Waals surface area contributed by atoms with Crippen molar-refractivity contribution < 1.29 is 67.7 Å². The number of para-hydroxylation sites is 1. The summed E-state index contributed by atoms with van der Waals surface area (Å²) < 4.78 is 0. The Balaban J connectivity index is 1.54. The predicted octanol–water partition coefficient (Wildman–Crippen LogP) is -1.15. The lowest BCUT2D eigenvalue weighted by Gasteiger charge is -2.31. The number of rotatable bonds is 24. The smallest absolute Gasteiger partial charge is 0.303 e. The molecular formula is C56H79N13O14S2. The third-order valence-electron chi connectivity index (χ3n) is 14.6. The summed E-state index contributed by atoms with van der Waals surface area (Å²) in [5.74, 6) is -11.3. The molecule has 11 amide bonds. The zero-order chi connectivity index (χ0) is 62.5. The number of carbonyl (C=O) groups excluding carboxylic acids is 11. The SMILES string of the molecule is CCC(C)[C@H](NC(=O)[C@H](Cc1c[nH]c2ccccc12)NC(=O)C1CSSC[C@H](NC(=O)[C@H](CCC(=O)O)NC)C(=O)N2CCC[C@H]2C(=O)N[C@@H](Cc2ccc(O)cc2)C(=O)NCC(=O)N[C@@H](CC(C)C)C(=O)N1)C(=O)N[C@@H](CCC(N)=O)C(N)=O. The number of carboxylic acids is 1. The van der Waals surface area contributed by atoms with E-state index in [1.807, 2.05) is 0 Å². The Morgan fingerprint density at radius 3 is 2.13 bits per heavy atom. The van der Waals surface area contributed by atoms with Crippen molar-refractivity contribution in [3.8, 4) is 5.75 Å². The van der Waals surface area contributed by atoms with Gasteiger partial charge >= 0.3 is 5.97 Å². The minimum atomic E-state index is -1.52. The number of likely N-dealkylation sites (N-methyl/N-ethyl adjacent to an activating group) is 1. The van der Waals surface area contributed by atoms with Gasteiger partial charge in [-0.3, -0.25) is 57.5 Å². The summed E-state index contributed by atoms with van der Waals surface area (Å²) in [6.07, 6.45) is 1.23. The van der Waals surface area contributed by atoms with Crippen molar-refractivity contribution in [3.63, 3.8) is 0 Å². The van der Waals surface area contributed by atoms with Crippen LogP contribution in [0.1, 0.15) is 90.2 Å². The number of carbonyl (C=O) groups is 12. The standard InChI is InChI=1S/C56H79N13O14S2/c1-6-30(4)47(55(82)63-36(48(58)75)17-19-44(57)71)68-52(79)40(24-32-25-60-35-11-8-7-10-34(32)35)64-53(80)41-27-84-85-28-42(67-50(77)37(59-5)18-20-46(73)74)56(83)69-21-9-12-43(69)54(81)65-39(23-31-13-15-33(70)16-14-31)49(76)61-26-45(72)62-38(22-29(2)3)51(78)66-41/h7-8,10-11,13-16,25,29-30,36-43,47,59-60,70H,6,9,12,17-24,26-28H2,1-5H3,(H2,57,71)(H2,58,75)(H,61,76)(H,62,72)(H,63,82)(H,64,80)(H,65,81)(H,66,78)(H,67,77)(H,68,79)(H,73,74)/t30?,36-,37-,38-,39-,40-,41?,42-,43-,47-/m0/s1. The van der Waals surface area contributed by atoms with Gasteiger partial charge in [-0.1, -0.05) is 86.0 Å². The fourth-order valence-electron chi connectivity index (χ4n) is 9.69. The molecule has 5 rings (SSSR count). The maximum atomic E-state index is 15.0. The Bertz CT molecular complexity index is 2890. The number of aromatic nitrogens is 1. The van der Waals surface area contributed by atoms with Gasteiger partial charge in [0, 0.05) is 60.8 Å². The Morgan fingerprint density at radius 2 is 1.47 bits per heavy atom. The maximum absolute atomic E-state index is 15.0. The van der Waals surface area contributed by atoms with Gasteiger partial charge in [-0.15, -0.1) is 0 Å². The molecule has 0 aliphatic carbocycles. The average Bonchev–Trinajstić information content (AvgIpc) is 4.35. The Labute approximate surface area is 499 Å². The van der Waals surface area contributed by atoms with Crippen LogP contribution in [-0.4, -0.2) is 177 Å². The lowest BCUT2D eigenvalue weighted by Crippen LogP contribution is -2.61. The summed E-state index contributed by atoms with van der Waals surface area (Å²) in [5, 5.41) is 44.2. The molecule has 2 unspecified atom stereocenters. The molecule has 2 aliphatic rings. The van der Waals surface area contributed by atoms with Crippen LogP contribution in [0.4, 0.5) is 0 Å². The quantitative estimate of drug-likeness (QED) is 0.0471. The molecule has 0 bridgehead atoms. The number of aromatic hydroxyl groups is 1. The molecule has 0 radical (unpaired) electrons. The fraction of sp³-hybridized carbons (Fsp3) is 0.536. The highest BCUT2D eigenvalue weighted by Gasteiger charge is 2.41. The zero-order valence-electron chi connectivity index (χ0n) is 48.2. The van der Waals surface area contributed by atoms with Crippen molar-refractivity contribution in [1.29, 1.82) is 0 Å². The molecule has 85 heavy (non-hydrogen) atoms. The van der Waals surface area contributed by atoms with E-state index in [1.54, 1.807) is 58.2 Å². The number of H-pyrrole nitrogens is 1. The van der Waals surface area contributed by atoms with E-state index in [2.05, 4.69) is 52.8 Å². The number of hydrogen-bond donors (Lipinski definition) is 14. The van der Waals surface area contributed by atoms with E-state index in [0.29, 0.717) is 34.9 Å². The predicted molar refractivity (Wildman–Crippen MR) is 316 cm³/mol. The Morgan fingerprint density at radius 1 is 0.776 bits per heavy atom. The first kappa shape index (κ1) is 67.9. The van der Waals surface area contributed by atoms with Crippen molar-refractivity contribution in [2.24, 2.45) is 23.3 Å². The van der Waals surface area contributed by atoms with E-state index in [9.17, 15) is 67.7 Å². The first-order valence-corrected chi connectivity index (χ1v) is 30.6. The molecule has 3 aromatic rings. The third kappa shape index (κ3) is 20.7. The summed E-state index contributed by atoms with van der Waals surface area (Å²) in [6.45, 7) is 6.40. The number of primary amides is 2. The summed E-state index contributed by atoms with van der Waals surface area (Å²) in [7, 11) is 3.45. The number of carboxylic acid groups (broad SMARTS) is 1. The van der Waals surface area contributed by atoms with Crippen LogP contribution in [0.15, 0.2) is 54.7 Å². The van der Waals surface area contributed by atoms with Gasteiger partial charge in [-0.05, 0) is 80.3 Å². The van der Waals surface area contributed by atoms with Crippen LogP contribution >= 0.6 is 21.6 Å². The highest BCUT2D eigenvalue weighted by atomic mass is 33.1. The molecule has 16 N–H and O–H groups in total. The number of nitrogens with two attached hydrogens (primary N) is 2. The minimum absolute atomic E-state index is 0.0343. The van der Waals surface area contributed by atoms with Crippen LogP contribution < -0.4 is 59.3 Å². The van der Waals surface area contributed by atoms with Gasteiger partial charge in [0.2, 0.25) is 65.0 Å². The van der Waals surface area contributed by atoms with E-state index in [0.717, 1.165) is 21.6 Å². The molecule has 464 valence electrons. The second-order valence-corrected chi connectivity index (χ2v) is 24.1. The van der Waals surface area contributed by atoms with Gasteiger partial charge in [-0.25, -0.2) is 0 Å². The average molecular weight is 1220 g/mol. The normalized spacial score (nSPS) is 21.1. The second kappa shape index (κ2) is 33.0. The van der Waals surface area contributed by atoms with Gasteiger partial charge in [0.25, 0.3) is 0 Å². The van der Waals surface area contributed by atoms with Gasteiger partial charge < -0.3 is 79.4 Å². The third-order valence-corrected chi connectivity index (χ3v) is 17.0. The molecule has 2 fully saturated rings. The van der Waals surface area contributed by atoms with Crippen LogP contribution in [-0.2, 0) is 70.4 Å². The Kier molecular flexibility index (Phi) is 26.3. The van der Waals surface area contributed by atoms with Gasteiger partial charge in [-0.2, -0.15) is 0 Å². The molecular weight excluding hydrogens is 1140 g/mol. The molecule has 29 heteroatoms. The fourth-order valence-corrected chi connectivity index (χ4v) is 12.0. The summed E-state index contributed by atoms with van der Waals surface area (Å²) >= 11 is 0. The number of nitrogens with one attached hydrogen (secondary N) is 10. The topological polar surface area (TPSA) is 425 Å². The zero-order valence-corrected chi connectivity index (χ0v) is 49.8. The lowest BCUT2D eigenvalue weighted by atomic mass is 9.96. The lowest BCUT2D eigenvalue weighted by molar-refractivity contribution is -0.142. The molecule has 2 aliphatic heterocycles. The van der Waals surface area contributed by atoms with Crippen LogP contribution in [0.5, 0.6) is 5.75 Å². The first-order chi connectivity index (χ1) is 40.4. The first-order valence-electron chi connectivity index (χ1n) is 28.1. The number of hydrogen-bond acceptors (Lipinski definition) is 16. The molecule has 0 spiro atoms. The number of phenols is 1. The Hall–Kier alpha value is -7.92. The van der Waals surface area contributed by atoms with E-state index in [-0.39, 0.29) is 81.1 Å². The number of nitrogens with zero attached hydrogens (tertiary/aromatic N) is 1. The number of benzene rings is 2. The van der Waals surface area contributed by atoms with E-state index in [4.69, 9.17) is 11.5 Å². The number of fused-ring (bicyclic) bond motifs is 2. The van der Waals surface area contributed by atoms with Crippen molar-refractivity contribution in [2.45, 2.75) is 146 Å². The van der Waals surface area contributed by atoms with Crippen molar-refractivity contribution >= 4 is 103 Å². The summed E-state index contributed by atoms with van der Waals surface area (Å²) in [4.78, 5) is 169. The van der Waals surface area contributed by atoms with E-state index < -0.39 is 138 Å². The van der Waals surface area contributed by atoms with Crippen LogP contribution in [0, 0.1) is 11.8 Å². The number of aliphatic carboxylic acids is 1. The monoisotopic (exact) mass is 1220 g/mol. The van der Waals surface area contributed by atoms with Crippen molar-refractivity contribution in [2.75, 3.05) is 31.6 Å². The molecule has 27 nitrogen and oxygen atoms in total. The van der Waals surface area contributed by atoms with Gasteiger partial charge in [0.05, 0.1) is 12.6 Å². The molecule has 10 atom stereocenters. The molecule has 0 saturated carbocycles. The van der Waals surface area contributed by atoms with Crippen molar-refractivity contribution in [1.82, 2.24) is 57.7 Å². The highest BCUT2D eigenvalue weighted by Crippen LogP contribution is 2.27. The van der Waals surface area contributed by atoms with Crippen LogP contribution in [0.2, 0.25) is 0 Å². The minimum Gasteiger partial charge on any atom is -0.508 e. The van der Waals surface area contributed by atoms with Crippen LogP contribution in [0.25, 0.3) is 10.9 Å². The van der Waals surface area contributed by atoms with Gasteiger partial charge in [0.1, 0.15) is 54.1 Å². The van der Waals surface area contributed by atoms with Crippen LogP contribution in [0.3, 0.4) is 0 Å². The summed E-state index contributed by atoms with van der Waals surface area (Å²) in [5.41, 5.74) is 12.7. The largest absolute Gasteiger partial charge is 0.508 e. The molecule has 3 heterocycles. The number of aromatic amines is 1. The van der Waals surface area contributed by atoms with Crippen molar-refractivity contribution in [3.05, 3.63) is 65.9 Å². The second-order valence-electron chi connectivity index (χ2n) is 21.5. The number of amides is 11. The van der Waals surface area contributed by atoms with E-state index in [1.165, 1.54) is 36.2 Å². The number of phenolic OH excluding ortho intramolecular Hbond substituents is 1.